The number of carbonyl (C=O) groups excluding carboxylic acids is 1. The van der Waals surface area contributed by atoms with Crippen LogP contribution < -0.4 is 11.2 Å². The molecule has 0 saturated carbocycles. The molecule has 0 amide bonds. The Morgan fingerprint density at radius 2 is 2.28 bits per heavy atom. The first-order valence-electron chi connectivity index (χ1n) is 4.88. The third kappa shape index (κ3) is 2.82. The van der Waals surface area contributed by atoms with Gasteiger partial charge in [-0.2, -0.15) is 10.4 Å². The van der Waals surface area contributed by atoms with Crippen LogP contribution in [-0.2, 0) is 0 Å². The number of benzene rings is 1. The van der Waals surface area contributed by atoms with Crippen LogP contribution in [-0.4, -0.2) is 22.4 Å². The van der Waals surface area contributed by atoms with Gasteiger partial charge in [0.15, 0.2) is 17.4 Å². The predicted octanol–water partition coefficient (Wildman–Crippen LogP) is 0.822. The highest BCUT2D eigenvalue weighted by atomic mass is 16.3. The van der Waals surface area contributed by atoms with E-state index in [9.17, 15) is 9.90 Å². The van der Waals surface area contributed by atoms with Crippen LogP contribution in [0.5, 0.6) is 5.75 Å². The Hall–Kier alpha value is -2.88. The van der Waals surface area contributed by atoms with Crippen molar-refractivity contribution < 1.29 is 9.90 Å². The highest BCUT2D eigenvalue weighted by molar-refractivity contribution is 6.45. The van der Waals surface area contributed by atoms with E-state index in [-0.39, 0.29) is 28.5 Å². The van der Waals surface area contributed by atoms with Crippen LogP contribution in [0.1, 0.15) is 17.3 Å². The van der Waals surface area contributed by atoms with Gasteiger partial charge in [0.05, 0.1) is 11.3 Å². The maximum Gasteiger partial charge on any atom is 0.201 e. The number of ketones is 1. The van der Waals surface area contributed by atoms with Crippen LogP contribution in [0.15, 0.2) is 23.3 Å². The molecule has 0 aliphatic heterocycles. The third-order valence-electron chi connectivity index (χ3n) is 2.06. The van der Waals surface area contributed by atoms with Gasteiger partial charge in [0.1, 0.15) is 6.07 Å². The molecule has 1 aromatic carbocycles. The van der Waals surface area contributed by atoms with Crippen molar-refractivity contribution in [3.63, 3.8) is 0 Å². The summed E-state index contributed by atoms with van der Waals surface area (Å²) in [6.45, 7) is 1.32. The lowest BCUT2D eigenvalue weighted by Gasteiger charge is -2.06. The van der Waals surface area contributed by atoms with Gasteiger partial charge in [-0.1, -0.05) is 6.07 Å². The summed E-state index contributed by atoms with van der Waals surface area (Å²) in [6, 6.07) is 6.10. The first kappa shape index (κ1) is 13.2. The number of phenolic OH excluding ortho intramolecular Hbond substituents is 1. The van der Waals surface area contributed by atoms with E-state index < -0.39 is 5.84 Å². The monoisotopic (exact) mass is 245 g/mol. The van der Waals surface area contributed by atoms with E-state index in [0.29, 0.717) is 0 Å². The molecule has 7 heteroatoms. The molecule has 7 nitrogen and oxygen atoms in total. The van der Waals surface area contributed by atoms with Crippen molar-refractivity contribution in [3.8, 4) is 11.8 Å². The number of nitriles is 1. The van der Waals surface area contributed by atoms with E-state index in [1.54, 1.807) is 12.1 Å². The molecule has 0 spiro atoms. The zero-order valence-corrected chi connectivity index (χ0v) is 9.56. The first-order chi connectivity index (χ1) is 8.47. The first-order valence-corrected chi connectivity index (χ1v) is 4.88. The second kappa shape index (κ2) is 5.45. The lowest BCUT2D eigenvalue weighted by Crippen LogP contribution is -2.21. The molecular formula is C11H11N5O2. The average molecular weight is 245 g/mol. The summed E-state index contributed by atoms with van der Waals surface area (Å²) < 4.78 is 0. The lowest BCUT2D eigenvalue weighted by molar-refractivity contribution is 0.101. The molecule has 0 unspecified atom stereocenters. The number of Topliss-reactive ketones (excluding diaryl/α,β-unsaturated/α-hetero) is 1. The SMILES string of the molecule is CC(=O)c1cccc(N/N=C(\C#N)C(=N)N)c1O. The van der Waals surface area contributed by atoms with E-state index in [1.165, 1.54) is 19.1 Å². The number of nitrogens with zero attached hydrogens (tertiary/aromatic N) is 2. The minimum Gasteiger partial charge on any atom is -0.505 e. The Balaban J connectivity index is 3.07. The highest BCUT2D eigenvalue weighted by Gasteiger charge is 2.10. The molecule has 0 aliphatic rings. The van der Waals surface area contributed by atoms with E-state index in [0.717, 1.165) is 0 Å². The van der Waals surface area contributed by atoms with Crippen LogP contribution in [0.2, 0.25) is 0 Å². The second-order valence-corrected chi connectivity index (χ2v) is 3.36. The van der Waals surface area contributed by atoms with E-state index in [2.05, 4.69) is 10.5 Å². The fourth-order valence-corrected chi connectivity index (χ4v) is 1.18. The molecule has 1 aromatic rings. The maximum atomic E-state index is 11.2. The maximum absolute atomic E-state index is 11.2. The highest BCUT2D eigenvalue weighted by Crippen LogP contribution is 2.27. The molecule has 5 N–H and O–H groups in total. The standard InChI is InChI=1S/C11H11N5O2/c1-6(17)7-3-2-4-8(10(7)18)15-16-9(5-12)11(13)14/h2-4,15,18H,1H3,(H3,13,14)/b16-9+. The summed E-state index contributed by atoms with van der Waals surface area (Å²) in [4.78, 5) is 11.2. The van der Waals surface area contributed by atoms with Gasteiger partial charge in [0.2, 0.25) is 5.71 Å². The summed E-state index contributed by atoms with van der Waals surface area (Å²) in [5.41, 5.74) is 7.45. The van der Waals surface area contributed by atoms with E-state index in [4.69, 9.17) is 16.4 Å². The number of carbonyl (C=O) groups is 1. The predicted molar refractivity (Wildman–Crippen MR) is 66.7 cm³/mol. The number of hydrogen-bond acceptors (Lipinski definition) is 6. The minimum absolute atomic E-state index is 0.136. The molecule has 1 rings (SSSR count). The van der Waals surface area contributed by atoms with Crippen LogP contribution in [0.25, 0.3) is 0 Å². The number of hydrazone groups is 1. The molecule has 0 heterocycles. The zero-order valence-electron chi connectivity index (χ0n) is 9.56. The Morgan fingerprint density at radius 3 is 2.78 bits per heavy atom. The number of nitrogens with two attached hydrogens (primary N) is 1. The number of para-hydroxylation sites is 1. The van der Waals surface area contributed by atoms with E-state index >= 15 is 0 Å². The van der Waals surface area contributed by atoms with Crippen molar-refractivity contribution in [2.45, 2.75) is 6.92 Å². The van der Waals surface area contributed by atoms with Crippen molar-refractivity contribution in [1.82, 2.24) is 0 Å². The van der Waals surface area contributed by atoms with Crippen molar-refractivity contribution >= 4 is 23.0 Å². The molecule has 92 valence electrons. The molecule has 0 saturated heterocycles. The Morgan fingerprint density at radius 1 is 1.61 bits per heavy atom. The zero-order chi connectivity index (χ0) is 13.7. The Kier molecular flexibility index (Phi) is 3.99. The van der Waals surface area contributed by atoms with Gasteiger partial charge in [-0.3, -0.25) is 15.6 Å². The smallest absolute Gasteiger partial charge is 0.201 e. The summed E-state index contributed by atoms with van der Waals surface area (Å²) in [5, 5.41) is 29.0. The van der Waals surface area contributed by atoms with Gasteiger partial charge >= 0.3 is 0 Å². The number of rotatable bonds is 4. The largest absolute Gasteiger partial charge is 0.505 e. The van der Waals surface area contributed by atoms with E-state index in [1.807, 2.05) is 0 Å². The quantitative estimate of drug-likeness (QED) is 0.205. The Bertz CT molecular complexity index is 571. The fourth-order valence-electron chi connectivity index (χ4n) is 1.18. The number of phenols is 1. The van der Waals surface area contributed by atoms with Crippen LogP contribution >= 0.6 is 0 Å². The molecule has 0 radical (unpaired) electrons. The summed E-state index contributed by atoms with van der Waals surface area (Å²) in [6.07, 6.45) is 0. The topological polar surface area (TPSA) is 135 Å². The molecule has 0 bridgehead atoms. The third-order valence-corrected chi connectivity index (χ3v) is 2.06. The van der Waals surface area contributed by atoms with Crippen LogP contribution in [0.3, 0.4) is 0 Å². The molecular weight excluding hydrogens is 234 g/mol. The fraction of sp³-hybridized carbons (Fsp3) is 0.0909. The number of amidine groups is 1. The van der Waals surface area contributed by atoms with Gasteiger partial charge in [0, 0.05) is 0 Å². The number of aromatic hydroxyl groups is 1. The minimum atomic E-state index is -0.493. The van der Waals surface area contributed by atoms with Gasteiger partial charge in [-0.25, -0.2) is 0 Å². The molecule has 18 heavy (non-hydrogen) atoms. The number of anilines is 1. The summed E-state index contributed by atoms with van der Waals surface area (Å²) in [7, 11) is 0. The normalized spacial score (nSPS) is 10.6. The van der Waals surface area contributed by atoms with Crippen LogP contribution in [0, 0.1) is 16.7 Å². The number of hydrogen-bond donors (Lipinski definition) is 4. The summed E-state index contributed by atoms with van der Waals surface area (Å²) >= 11 is 0. The molecule has 0 aliphatic carbocycles. The number of nitrogens with one attached hydrogen (secondary N) is 2. The lowest BCUT2D eigenvalue weighted by atomic mass is 10.1. The summed E-state index contributed by atoms with van der Waals surface area (Å²) in [5.74, 6) is -1.06. The van der Waals surface area contributed by atoms with Gasteiger partial charge in [-0.15, -0.1) is 0 Å². The molecule has 0 atom stereocenters. The van der Waals surface area contributed by atoms with Gasteiger partial charge < -0.3 is 10.8 Å². The van der Waals surface area contributed by atoms with Crippen molar-refractivity contribution in [3.05, 3.63) is 23.8 Å². The van der Waals surface area contributed by atoms with Gasteiger partial charge in [0.25, 0.3) is 0 Å². The van der Waals surface area contributed by atoms with Crippen LogP contribution in [0.4, 0.5) is 5.69 Å². The second-order valence-electron chi connectivity index (χ2n) is 3.36. The van der Waals surface area contributed by atoms with Gasteiger partial charge in [-0.05, 0) is 19.1 Å². The van der Waals surface area contributed by atoms with Crippen molar-refractivity contribution in [2.75, 3.05) is 5.43 Å². The molecule has 0 fully saturated rings. The van der Waals surface area contributed by atoms with Crippen molar-refractivity contribution in [1.29, 1.82) is 10.7 Å². The average Bonchev–Trinajstić information content (AvgIpc) is 2.31. The molecule has 0 aromatic heterocycles. The van der Waals surface area contributed by atoms with Crippen molar-refractivity contribution in [2.24, 2.45) is 10.8 Å². The Labute approximate surface area is 103 Å².